The minimum Gasteiger partial charge on any atom is -0.377 e. The van der Waals surface area contributed by atoms with Crippen LogP contribution in [0, 0.1) is 0 Å². The van der Waals surface area contributed by atoms with Gasteiger partial charge in [-0.3, -0.25) is 0 Å². The monoisotopic (exact) mass is 160 g/mol. The Morgan fingerprint density at radius 2 is 1.92 bits per heavy atom. The number of rotatable bonds is 1. The van der Waals surface area contributed by atoms with Crippen molar-refractivity contribution < 1.29 is 4.74 Å². The Labute approximate surface area is 72.7 Å². The Morgan fingerprint density at radius 3 is 2.58 bits per heavy atom. The van der Waals surface area contributed by atoms with Crippen molar-refractivity contribution in [1.82, 2.24) is 0 Å². The van der Waals surface area contributed by atoms with Crippen molar-refractivity contribution in [2.45, 2.75) is 6.42 Å². The van der Waals surface area contributed by atoms with Gasteiger partial charge in [-0.05, 0) is 17.6 Å². The van der Waals surface area contributed by atoms with E-state index in [4.69, 9.17) is 4.74 Å². The van der Waals surface area contributed by atoms with E-state index in [0.29, 0.717) is 0 Å². The molecule has 0 aliphatic carbocycles. The summed E-state index contributed by atoms with van der Waals surface area (Å²) in [6.07, 6.45) is 3.21. The Bertz CT molecular complexity index is 274. The van der Waals surface area contributed by atoms with Crippen LogP contribution in [0.5, 0.6) is 0 Å². The Kier molecular flexibility index (Phi) is 2.23. The standard InChI is InChI=1S/C11H12O/c1-2-4-10(5-3-1)11-6-8-12-9-7-11/h1-6H,7-9H2. The van der Waals surface area contributed by atoms with Crippen molar-refractivity contribution in [2.24, 2.45) is 0 Å². The van der Waals surface area contributed by atoms with Crippen LogP contribution in [0.4, 0.5) is 0 Å². The zero-order valence-electron chi connectivity index (χ0n) is 6.99. The van der Waals surface area contributed by atoms with E-state index in [9.17, 15) is 0 Å². The fraction of sp³-hybridized carbons (Fsp3) is 0.273. The molecule has 0 saturated heterocycles. The summed E-state index contributed by atoms with van der Waals surface area (Å²) in [6.45, 7) is 1.63. The summed E-state index contributed by atoms with van der Waals surface area (Å²) >= 11 is 0. The maximum atomic E-state index is 5.24. The van der Waals surface area contributed by atoms with Crippen molar-refractivity contribution in [2.75, 3.05) is 13.2 Å². The number of hydrogen-bond donors (Lipinski definition) is 0. The molecule has 0 saturated carbocycles. The summed E-state index contributed by atoms with van der Waals surface area (Å²) in [4.78, 5) is 0. The maximum absolute atomic E-state index is 5.24. The van der Waals surface area contributed by atoms with Crippen molar-refractivity contribution in [3.05, 3.63) is 42.0 Å². The summed E-state index contributed by atoms with van der Waals surface area (Å²) < 4.78 is 5.24. The Morgan fingerprint density at radius 1 is 1.08 bits per heavy atom. The summed E-state index contributed by atoms with van der Waals surface area (Å²) in [6, 6.07) is 10.5. The third kappa shape index (κ3) is 1.56. The normalized spacial score (nSPS) is 17.2. The molecule has 0 atom stereocenters. The first-order chi connectivity index (χ1) is 5.97. The molecule has 1 nitrogen and oxygen atoms in total. The van der Waals surface area contributed by atoms with E-state index < -0.39 is 0 Å². The van der Waals surface area contributed by atoms with Crippen LogP contribution in [-0.4, -0.2) is 13.2 Å². The highest BCUT2D eigenvalue weighted by Crippen LogP contribution is 2.20. The molecule has 1 aromatic rings. The zero-order valence-corrected chi connectivity index (χ0v) is 6.99. The minimum atomic E-state index is 0.768. The average Bonchev–Trinajstić information content (AvgIpc) is 2.21. The lowest BCUT2D eigenvalue weighted by molar-refractivity contribution is 0.161. The highest BCUT2D eigenvalue weighted by atomic mass is 16.5. The molecule has 1 aromatic carbocycles. The lowest BCUT2D eigenvalue weighted by Crippen LogP contribution is -2.03. The van der Waals surface area contributed by atoms with Gasteiger partial charge in [0, 0.05) is 0 Å². The summed E-state index contributed by atoms with van der Waals surface area (Å²) in [5.41, 5.74) is 2.75. The average molecular weight is 160 g/mol. The molecule has 0 fully saturated rings. The molecule has 0 radical (unpaired) electrons. The van der Waals surface area contributed by atoms with Gasteiger partial charge in [-0.2, -0.15) is 0 Å². The smallest absolute Gasteiger partial charge is 0.0653 e. The number of hydrogen-bond acceptors (Lipinski definition) is 1. The van der Waals surface area contributed by atoms with E-state index >= 15 is 0 Å². The van der Waals surface area contributed by atoms with Crippen molar-refractivity contribution in [3.63, 3.8) is 0 Å². The minimum absolute atomic E-state index is 0.768. The van der Waals surface area contributed by atoms with Gasteiger partial charge in [0.25, 0.3) is 0 Å². The third-order valence-electron chi connectivity index (χ3n) is 2.11. The van der Waals surface area contributed by atoms with Crippen LogP contribution in [0.3, 0.4) is 0 Å². The molecule has 2 rings (SSSR count). The molecule has 1 aliphatic rings. The molecule has 0 unspecified atom stereocenters. The third-order valence-corrected chi connectivity index (χ3v) is 2.11. The predicted octanol–water partition coefficient (Wildman–Crippen LogP) is 2.49. The topological polar surface area (TPSA) is 9.23 Å². The summed E-state index contributed by atoms with van der Waals surface area (Å²) in [5, 5.41) is 0. The molecule has 1 heterocycles. The summed E-state index contributed by atoms with van der Waals surface area (Å²) in [7, 11) is 0. The maximum Gasteiger partial charge on any atom is 0.0653 e. The quantitative estimate of drug-likeness (QED) is 0.613. The van der Waals surface area contributed by atoms with Gasteiger partial charge < -0.3 is 4.74 Å². The van der Waals surface area contributed by atoms with E-state index in [-0.39, 0.29) is 0 Å². The van der Waals surface area contributed by atoms with E-state index in [1.165, 1.54) is 11.1 Å². The Balaban J connectivity index is 2.24. The van der Waals surface area contributed by atoms with Crippen molar-refractivity contribution in [1.29, 1.82) is 0 Å². The van der Waals surface area contributed by atoms with Gasteiger partial charge in [0.1, 0.15) is 0 Å². The molecule has 0 amide bonds. The van der Waals surface area contributed by atoms with E-state index in [0.717, 1.165) is 19.6 Å². The fourth-order valence-corrected chi connectivity index (χ4v) is 1.44. The Hall–Kier alpha value is -1.08. The van der Waals surface area contributed by atoms with Gasteiger partial charge in [-0.15, -0.1) is 0 Å². The molecule has 1 aliphatic heterocycles. The van der Waals surface area contributed by atoms with E-state index in [2.05, 4.69) is 30.3 Å². The molecule has 12 heavy (non-hydrogen) atoms. The van der Waals surface area contributed by atoms with Crippen LogP contribution >= 0.6 is 0 Å². The number of benzene rings is 1. The molecule has 62 valence electrons. The first-order valence-corrected chi connectivity index (χ1v) is 4.29. The lowest BCUT2D eigenvalue weighted by Gasteiger charge is -2.13. The molecule has 0 spiro atoms. The second-order valence-corrected chi connectivity index (χ2v) is 2.92. The second kappa shape index (κ2) is 3.55. The fourth-order valence-electron chi connectivity index (χ4n) is 1.44. The first-order valence-electron chi connectivity index (χ1n) is 4.29. The van der Waals surface area contributed by atoms with Gasteiger partial charge in [-0.25, -0.2) is 0 Å². The van der Waals surface area contributed by atoms with Gasteiger partial charge in [0.05, 0.1) is 13.2 Å². The molecule has 1 heteroatoms. The highest BCUT2D eigenvalue weighted by molar-refractivity contribution is 5.65. The van der Waals surface area contributed by atoms with Gasteiger partial charge in [-0.1, -0.05) is 36.4 Å². The molecule has 0 N–H and O–H groups in total. The van der Waals surface area contributed by atoms with Crippen molar-refractivity contribution >= 4 is 5.57 Å². The van der Waals surface area contributed by atoms with Gasteiger partial charge >= 0.3 is 0 Å². The SMILES string of the molecule is C1=C(c2ccccc2)CCOC1. The largest absolute Gasteiger partial charge is 0.377 e. The zero-order chi connectivity index (χ0) is 8.23. The predicted molar refractivity (Wildman–Crippen MR) is 49.9 cm³/mol. The van der Waals surface area contributed by atoms with Crippen LogP contribution < -0.4 is 0 Å². The number of ether oxygens (including phenoxy) is 1. The van der Waals surface area contributed by atoms with Crippen molar-refractivity contribution in [3.8, 4) is 0 Å². The lowest BCUT2D eigenvalue weighted by atomic mass is 10.0. The first kappa shape index (κ1) is 7.56. The van der Waals surface area contributed by atoms with Crippen LogP contribution in [0.1, 0.15) is 12.0 Å². The molecular weight excluding hydrogens is 148 g/mol. The van der Waals surface area contributed by atoms with Gasteiger partial charge in [0.15, 0.2) is 0 Å². The molecule has 0 bridgehead atoms. The summed E-state index contributed by atoms with van der Waals surface area (Å²) in [5.74, 6) is 0. The van der Waals surface area contributed by atoms with Crippen LogP contribution in [0.15, 0.2) is 36.4 Å². The van der Waals surface area contributed by atoms with Gasteiger partial charge in [0.2, 0.25) is 0 Å². The van der Waals surface area contributed by atoms with E-state index in [1.54, 1.807) is 0 Å². The van der Waals surface area contributed by atoms with Crippen LogP contribution in [0.2, 0.25) is 0 Å². The molecule has 0 aromatic heterocycles. The second-order valence-electron chi connectivity index (χ2n) is 2.92. The molecular formula is C11H12O. The van der Waals surface area contributed by atoms with Crippen LogP contribution in [0.25, 0.3) is 5.57 Å². The highest BCUT2D eigenvalue weighted by Gasteiger charge is 2.04. The van der Waals surface area contributed by atoms with Crippen LogP contribution in [-0.2, 0) is 4.74 Å². The van der Waals surface area contributed by atoms with E-state index in [1.807, 2.05) is 6.07 Å².